The molecule has 0 nitrogen and oxygen atoms in total. The van der Waals surface area contributed by atoms with E-state index < -0.39 is 18.5 Å². The Morgan fingerprint density at radius 2 is 1.41 bits per heavy atom. The lowest BCUT2D eigenvalue weighted by atomic mass is 9.67. The van der Waals surface area contributed by atoms with Crippen LogP contribution in [0.15, 0.2) is 0 Å². The molecule has 0 heterocycles. The van der Waals surface area contributed by atoms with Crippen LogP contribution >= 0.6 is 0 Å². The largest absolute Gasteiger partial charge is 0.247 e. The minimum absolute atomic E-state index is 0.207. The van der Waals surface area contributed by atoms with Crippen LogP contribution < -0.4 is 0 Å². The lowest BCUT2D eigenvalue weighted by Gasteiger charge is -2.41. The van der Waals surface area contributed by atoms with Gasteiger partial charge in [0.1, 0.15) is 18.5 Å². The highest BCUT2D eigenvalue weighted by Crippen LogP contribution is 2.44. The first-order chi connectivity index (χ1) is 8.00. The SMILES string of the molecule is CC1CCC(C2CCC(C)C(F)C2F)C(F)C1. The zero-order valence-corrected chi connectivity index (χ0v) is 10.7. The molecule has 0 aromatic carbocycles. The fraction of sp³-hybridized carbons (Fsp3) is 1.00. The van der Waals surface area contributed by atoms with Gasteiger partial charge in [0.15, 0.2) is 0 Å². The molecule has 0 radical (unpaired) electrons. The van der Waals surface area contributed by atoms with Crippen LogP contribution in [0.25, 0.3) is 0 Å². The van der Waals surface area contributed by atoms with Gasteiger partial charge in [0, 0.05) is 0 Å². The molecular formula is C14H23F3. The highest BCUT2D eigenvalue weighted by Gasteiger charge is 2.45. The topological polar surface area (TPSA) is 0 Å². The summed E-state index contributed by atoms with van der Waals surface area (Å²) in [5, 5.41) is 0. The van der Waals surface area contributed by atoms with Gasteiger partial charge in [-0.3, -0.25) is 0 Å². The van der Waals surface area contributed by atoms with E-state index >= 15 is 0 Å². The lowest BCUT2D eigenvalue weighted by Crippen LogP contribution is -2.44. The smallest absolute Gasteiger partial charge is 0.135 e. The highest BCUT2D eigenvalue weighted by atomic mass is 19.2. The van der Waals surface area contributed by atoms with Crippen LogP contribution in [0.2, 0.25) is 0 Å². The van der Waals surface area contributed by atoms with Crippen molar-refractivity contribution in [1.82, 2.24) is 0 Å². The van der Waals surface area contributed by atoms with Gasteiger partial charge < -0.3 is 0 Å². The Bertz CT molecular complexity index is 256. The molecule has 7 atom stereocenters. The van der Waals surface area contributed by atoms with Crippen molar-refractivity contribution in [3.63, 3.8) is 0 Å². The first-order valence-electron chi connectivity index (χ1n) is 6.93. The van der Waals surface area contributed by atoms with Gasteiger partial charge in [0.05, 0.1) is 0 Å². The van der Waals surface area contributed by atoms with Crippen molar-refractivity contribution in [2.45, 2.75) is 64.5 Å². The summed E-state index contributed by atoms with van der Waals surface area (Å²) in [5.41, 5.74) is 0. The van der Waals surface area contributed by atoms with Crippen molar-refractivity contribution in [3.05, 3.63) is 0 Å². The molecule has 17 heavy (non-hydrogen) atoms. The molecule has 2 rings (SSSR count). The van der Waals surface area contributed by atoms with Crippen molar-refractivity contribution >= 4 is 0 Å². The number of halogens is 3. The van der Waals surface area contributed by atoms with E-state index in [4.69, 9.17) is 0 Å². The zero-order chi connectivity index (χ0) is 12.6. The van der Waals surface area contributed by atoms with Gasteiger partial charge in [-0.1, -0.05) is 20.3 Å². The molecule has 3 heteroatoms. The van der Waals surface area contributed by atoms with E-state index in [1.165, 1.54) is 0 Å². The normalized spacial score (nSPS) is 52.4. The molecule has 0 spiro atoms. The summed E-state index contributed by atoms with van der Waals surface area (Å²) < 4.78 is 41.7. The van der Waals surface area contributed by atoms with E-state index in [-0.39, 0.29) is 17.8 Å². The molecule has 0 aliphatic heterocycles. The molecule has 0 aromatic heterocycles. The van der Waals surface area contributed by atoms with Crippen molar-refractivity contribution in [2.75, 3.05) is 0 Å². The van der Waals surface area contributed by atoms with E-state index in [1.807, 2.05) is 6.92 Å². The average Bonchev–Trinajstić information content (AvgIpc) is 2.28. The predicted molar refractivity (Wildman–Crippen MR) is 63.1 cm³/mol. The molecule has 0 amide bonds. The van der Waals surface area contributed by atoms with E-state index in [0.717, 1.165) is 12.8 Å². The standard InChI is InChI=1S/C14H23F3/c1-8-3-5-10(12(15)7-8)11-6-4-9(2)13(16)14(11)17/h8-14H,3-7H2,1-2H3. The van der Waals surface area contributed by atoms with Crippen LogP contribution in [0.1, 0.15) is 46.0 Å². The minimum Gasteiger partial charge on any atom is -0.247 e. The number of alkyl halides is 3. The van der Waals surface area contributed by atoms with Gasteiger partial charge in [-0.25, -0.2) is 13.2 Å². The second-order valence-corrected chi connectivity index (χ2v) is 6.21. The fourth-order valence-corrected chi connectivity index (χ4v) is 3.59. The summed E-state index contributed by atoms with van der Waals surface area (Å²) in [6.45, 7) is 3.79. The van der Waals surface area contributed by atoms with E-state index in [2.05, 4.69) is 0 Å². The van der Waals surface area contributed by atoms with Gasteiger partial charge >= 0.3 is 0 Å². The van der Waals surface area contributed by atoms with Crippen LogP contribution in [0.5, 0.6) is 0 Å². The van der Waals surface area contributed by atoms with Crippen LogP contribution in [0.4, 0.5) is 13.2 Å². The summed E-state index contributed by atoms with van der Waals surface area (Å²) in [5.74, 6) is -0.444. The zero-order valence-electron chi connectivity index (χ0n) is 10.7. The summed E-state index contributed by atoms with van der Waals surface area (Å²) >= 11 is 0. The molecular weight excluding hydrogens is 225 g/mol. The molecule has 2 saturated carbocycles. The Kier molecular flexibility index (Phi) is 4.04. The Balaban J connectivity index is 2.02. The Morgan fingerprint density at radius 1 is 0.765 bits per heavy atom. The summed E-state index contributed by atoms with van der Waals surface area (Å²) in [6.07, 6.45) is -0.193. The first-order valence-corrected chi connectivity index (χ1v) is 6.93. The summed E-state index contributed by atoms with van der Waals surface area (Å²) in [6, 6.07) is 0. The van der Waals surface area contributed by atoms with Crippen LogP contribution in [0.3, 0.4) is 0 Å². The molecule has 2 aliphatic rings. The maximum atomic E-state index is 14.0. The third-order valence-electron chi connectivity index (χ3n) is 4.85. The molecule has 7 unspecified atom stereocenters. The maximum absolute atomic E-state index is 14.0. The van der Waals surface area contributed by atoms with Crippen LogP contribution in [0, 0.1) is 23.7 Å². The number of rotatable bonds is 1. The van der Waals surface area contributed by atoms with Gasteiger partial charge in [-0.2, -0.15) is 0 Å². The van der Waals surface area contributed by atoms with Crippen molar-refractivity contribution in [1.29, 1.82) is 0 Å². The molecule has 2 fully saturated rings. The van der Waals surface area contributed by atoms with E-state index in [1.54, 1.807) is 6.92 Å². The molecule has 100 valence electrons. The molecule has 0 N–H and O–H groups in total. The third-order valence-corrected chi connectivity index (χ3v) is 4.85. The summed E-state index contributed by atoms with van der Waals surface area (Å²) in [7, 11) is 0. The molecule has 2 aliphatic carbocycles. The van der Waals surface area contributed by atoms with Crippen LogP contribution in [-0.4, -0.2) is 18.5 Å². The number of hydrogen-bond donors (Lipinski definition) is 0. The van der Waals surface area contributed by atoms with E-state index in [0.29, 0.717) is 25.2 Å². The second-order valence-electron chi connectivity index (χ2n) is 6.21. The molecule has 0 saturated heterocycles. The van der Waals surface area contributed by atoms with Crippen LogP contribution in [-0.2, 0) is 0 Å². The van der Waals surface area contributed by atoms with Gasteiger partial charge in [-0.05, 0) is 49.4 Å². The highest BCUT2D eigenvalue weighted by molar-refractivity contribution is 4.93. The van der Waals surface area contributed by atoms with Gasteiger partial charge in [-0.15, -0.1) is 0 Å². The monoisotopic (exact) mass is 248 g/mol. The number of hydrogen-bond acceptors (Lipinski definition) is 0. The van der Waals surface area contributed by atoms with Crippen molar-refractivity contribution in [3.8, 4) is 0 Å². The third kappa shape index (κ3) is 2.63. The maximum Gasteiger partial charge on any atom is 0.135 e. The quantitative estimate of drug-likeness (QED) is 0.641. The Labute approximate surface area is 102 Å². The summed E-state index contributed by atoms with van der Waals surface area (Å²) in [4.78, 5) is 0. The van der Waals surface area contributed by atoms with Gasteiger partial charge in [0.2, 0.25) is 0 Å². The Hall–Kier alpha value is -0.210. The molecule has 0 aromatic rings. The average molecular weight is 248 g/mol. The molecule has 0 bridgehead atoms. The van der Waals surface area contributed by atoms with Crippen molar-refractivity contribution < 1.29 is 13.2 Å². The van der Waals surface area contributed by atoms with Gasteiger partial charge in [0.25, 0.3) is 0 Å². The fourth-order valence-electron chi connectivity index (χ4n) is 3.59. The first kappa shape index (κ1) is 13.2. The second kappa shape index (κ2) is 5.19. The predicted octanol–water partition coefficient (Wildman–Crippen LogP) is 4.48. The van der Waals surface area contributed by atoms with Crippen molar-refractivity contribution in [2.24, 2.45) is 23.7 Å². The van der Waals surface area contributed by atoms with E-state index in [9.17, 15) is 13.2 Å². The Morgan fingerprint density at radius 3 is 2.06 bits per heavy atom. The lowest BCUT2D eigenvalue weighted by molar-refractivity contribution is -0.0302. The minimum atomic E-state index is -1.45.